The van der Waals surface area contributed by atoms with E-state index < -0.39 is 0 Å². The van der Waals surface area contributed by atoms with Crippen LogP contribution in [0.2, 0.25) is 0 Å². The second-order valence-corrected chi connectivity index (χ2v) is 5.12. The summed E-state index contributed by atoms with van der Waals surface area (Å²) in [5, 5.41) is 0. The van der Waals surface area contributed by atoms with Crippen LogP contribution >= 0.6 is 11.6 Å². The maximum atomic E-state index is 5.85. The summed E-state index contributed by atoms with van der Waals surface area (Å²) in [4.78, 5) is 4.60. The predicted molar refractivity (Wildman–Crippen MR) is 78.1 cm³/mol. The molecule has 1 nitrogen and oxygen atoms in total. The first-order valence-corrected chi connectivity index (χ1v) is 6.78. The third-order valence-corrected chi connectivity index (χ3v) is 3.50. The quantitative estimate of drug-likeness (QED) is 0.713. The molecule has 2 aromatic rings. The monoisotopic (exact) mass is 259 g/mol. The summed E-state index contributed by atoms with van der Waals surface area (Å²) in [6.45, 7) is 6.41. The number of pyridine rings is 1. The molecule has 0 spiro atoms. The highest BCUT2D eigenvalue weighted by molar-refractivity contribution is 6.17. The predicted octanol–water partition coefficient (Wildman–Crippen LogP) is 4.92. The van der Waals surface area contributed by atoms with Gasteiger partial charge >= 0.3 is 0 Å². The van der Waals surface area contributed by atoms with Crippen molar-refractivity contribution in [2.75, 3.05) is 0 Å². The van der Waals surface area contributed by atoms with E-state index in [4.69, 9.17) is 11.6 Å². The minimum Gasteiger partial charge on any atom is -0.253 e. The second-order valence-electron chi connectivity index (χ2n) is 4.85. The smallest absolute Gasteiger partial charge is 0.0705 e. The molecule has 0 saturated heterocycles. The molecule has 0 N–H and O–H groups in total. The molecule has 1 heterocycles. The summed E-state index contributed by atoms with van der Waals surface area (Å²) >= 11 is 5.85. The zero-order chi connectivity index (χ0) is 13.1. The number of hydrogen-bond acceptors (Lipinski definition) is 1. The van der Waals surface area contributed by atoms with Gasteiger partial charge in [-0.2, -0.15) is 0 Å². The fourth-order valence-electron chi connectivity index (χ4n) is 1.93. The summed E-state index contributed by atoms with van der Waals surface area (Å²) in [6, 6.07) is 12.7. The molecule has 0 amide bonds. The van der Waals surface area contributed by atoms with Gasteiger partial charge in [0.15, 0.2) is 0 Å². The number of aromatic nitrogens is 1. The molecule has 1 aromatic carbocycles. The molecule has 2 rings (SSSR count). The highest BCUT2D eigenvalue weighted by atomic mass is 35.5. The van der Waals surface area contributed by atoms with Crippen molar-refractivity contribution < 1.29 is 0 Å². The van der Waals surface area contributed by atoms with Gasteiger partial charge in [-0.3, -0.25) is 4.98 Å². The van der Waals surface area contributed by atoms with Crippen LogP contribution in [0.3, 0.4) is 0 Å². The number of benzene rings is 1. The third-order valence-electron chi connectivity index (χ3n) is 3.21. The van der Waals surface area contributed by atoms with Crippen molar-refractivity contribution in [2.45, 2.75) is 32.6 Å². The molecule has 0 aliphatic heterocycles. The Hall–Kier alpha value is -1.34. The number of aryl methyl sites for hydroxylation is 1. The van der Waals surface area contributed by atoms with E-state index in [1.165, 1.54) is 5.56 Å². The molecule has 0 aliphatic rings. The lowest BCUT2D eigenvalue weighted by atomic mass is 10.0. The molecule has 1 aromatic heterocycles. The Bertz CT molecular complexity index is 529. The topological polar surface area (TPSA) is 12.9 Å². The summed E-state index contributed by atoms with van der Waals surface area (Å²) in [5.74, 6) is 1.08. The van der Waals surface area contributed by atoms with Crippen LogP contribution < -0.4 is 0 Å². The Morgan fingerprint density at radius 1 is 1.06 bits per heavy atom. The summed E-state index contributed by atoms with van der Waals surface area (Å²) in [6.07, 6.45) is 0. The molecule has 0 aliphatic carbocycles. The second kappa shape index (κ2) is 5.53. The van der Waals surface area contributed by atoms with Crippen LogP contribution in [-0.2, 0) is 5.88 Å². The highest BCUT2D eigenvalue weighted by Gasteiger charge is 2.04. The average Bonchev–Trinajstić information content (AvgIpc) is 2.38. The van der Waals surface area contributed by atoms with Crippen LogP contribution in [-0.4, -0.2) is 4.98 Å². The molecule has 0 unspecified atom stereocenters. The minimum absolute atomic E-state index is 0.519. The van der Waals surface area contributed by atoms with Crippen LogP contribution in [0.25, 0.3) is 11.3 Å². The molecule has 2 heteroatoms. The van der Waals surface area contributed by atoms with Crippen LogP contribution in [0.4, 0.5) is 0 Å². The van der Waals surface area contributed by atoms with Crippen molar-refractivity contribution >= 4 is 11.6 Å². The van der Waals surface area contributed by atoms with Crippen LogP contribution in [0.15, 0.2) is 36.4 Å². The Morgan fingerprint density at radius 2 is 1.72 bits per heavy atom. The standard InChI is InChI=1S/C16H18ClN/c1-11(2)13-4-6-14(7-5-13)16-9-8-15(10-17)12(3)18-16/h4-9,11H,10H2,1-3H3. The highest BCUT2D eigenvalue weighted by Crippen LogP contribution is 2.22. The summed E-state index contributed by atoms with van der Waals surface area (Å²) in [7, 11) is 0. The maximum absolute atomic E-state index is 5.85. The van der Waals surface area contributed by atoms with Gasteiger partial charge in [-0.1, -0.05) is 44.2 Å². The van der Waals surface area contributed by atoms with Crippen LogP contribution in [0, 0.1) is 6.92 Å². The van der Waals surface area contributed by atoms with Crippen molar-refractivity contribution in [3.05, 3.63) is 53.2 Å². The Morgan fingerprint density at radius 3 is 2.22 bits per heavy atom. The minimum atomic E-state index is 0.519. The lowest BCUT2D eigenvalue weighted by Crippen LogP contribution is -1.93. The first-order chi connectivity index (χ1) is 8.61. The van der Waals surface area contributed by atoms with E-state index in [1.807, 2.05) is 13.0 Å². The Kier molecular flexibility index (Phi) is 4.03. The van der Waals surface area contributed by atoms with E-state index in [1.54, 1.807) is 0 Å². The summed E-state index contributed by atoms with van der Waals surface area (Å²) in [5.41, 5.74) is 5.63. The van der Waals surface area contributed by atoms with Crippen LogP contribution in [0.1, 0.15) is 36.6 Å². The average molecular weight is 260 g/mol. The van der Waals surface area contributed by atoms with E-state index >= 15 is 0 Å². The maximum Gasteiger partial charge on any atom is 0.0705 e. The van der Waals surface area contributed by atoms with Gasteiger partial charge < -0.3 is 0 Å². The van der Waals surface area contributed by atoms with Crippen molar-refractivity contribution in [1.82, 2.24) is 4.98 Å². The lowest BCUT2D eigenvalue weighted by Gasteiger charge is -2.08. The van der Waals surface area contributed by atoms with Crippen molar-refractivity contribution in [3.8, 4) is 11.3 Å². The number of rotatable bonds is 3. The van der Waals surface area contributed by atoms with E-state index in [0.717, 1.165) is 22.5 Å². The zero-order valence-electron chi connectivity index (χ0n) is 11.1. The van der Waals surface area contributed by atoms with Gasteiger partial charge in [-0.25, -0.2) is 0 Å². The molecule has 0 fully saturated rings. The van der Waals surface area contributed by atoms with Gasteiger partial charge in [0.25, 0.3) is 0 Å². The van der Waals surface area contributed by atoms with Gasteiger partial charge in [-0.05, 0) is 30.0 Å². The molecule has 0 radical (unpaired) electrons. The van der Waals surface area contributed by atoms with Gasteiger partial charge in [0.05, 0.1) is 5.69 Å². The molecule has 94 valence electrons. The molecular weight excluding hydrogens is 242 g/mol. The van der Waals surface area contributed by atoms with Crippen molar-refractivity contribution in [1.29, 1.82) is 0 Å². The van der Waals surface area contributed by atoms with Crippen molar-refractivity contribution in [3.63, 3.8) is 0 Å². The van der Waals surface area contributed by atoms with Gasteiger partial charge in [0.1, 0.15) is 0 Å². The van der Waals surface area contributed by atoms with E-state index in [2.05, 4.69) is 49.2 Å². The molecule has 0 saturated carbocycles. The first kappa shape index (κ1) is 13.1. The van der Waals surface area contributed by atoms with Gasteiger partial charge in [-0.15, -0.1) is 11.6 Å². The van der Waals surface area contributed by atoms with Gasteiger partial charge in [0, 0.05) is 17.1 Å². The van der Waals surface area contributed by atoms with Crippen molar-refractivity contribution in [2.24, 2.45) is 0 Å². The number of halogens is 1. The molecule has 0 bridgehead atoms. The third kappa shape index (κ3) is 2.73. The van der Waals surface area contributed by atoms with E-state index in [0.29, 0.717) is 11.8 Å². The Balaban J connectivity index is 2.34. The largest absolute Gasteiger partial charge is 0.253 e. The van der Waals surface area contributed by atoms with Gasteiger partial charge in [0.2, 0.25) is 0 Å². The van der Waals surface area contributed by atoms with Crippen LogP contribution in [0.5, 0.6) is 0 Å². The Labute approximate surface area is 114 Å². The number of nitrogens with zero attached hydrogens (tertiary/aromatic N) is 1. The fraction of sp³-hybridized carbons (Fsp3) is 0.312. The SMILES string of the molecule is Cc1nc(-c2ccc(C(C)C)cc2)ccc1CCl. The van der Waals surface area contributed by atoms with E-state index in [-0.39, 0.29) is 0 Å². The first-order valence-electron chi connectivity index (χ1n) is 6.24. The zero-order valence-corrected chi connectivity index (χ0v) is 11.8. The van der Waals surface area contributed by atoms with E-state index in [9.17, 15) is 0 Å². The number of alkyl halides is 1. The number of hydrogen-bond donors (Lipinski definition) is 0. The molecule has 18 heavy (non-hydrogen) atoms. The summed E-state index contributed by atoms with van der Waals surface area (Å²) < 4.78 is 0. The fourth-order valence-corrected chi connectivity index (χ4v) is 2.21. The normalized spacial score (nSPS) is 10.9. The lowest BCUT2D eigenvalue weighted by molar-refractivity contribution is 0.867. The molecular formula is C16H18ClN. The molecule has 0 atom stereocenters.